The maximum atomic E-state index is 9.69. The lowest BCUT2D eigenvalue weighted by Gasteiger charge is -2.10. The van der Waals surface area contributed by atoms with Gasteiger partial charge in [0.1, 0.15) is 5.82 Å². The van der Waals surface area contributed by atoms with Crippen LogP contribution in [0.3, 0.4) is 0 Å². The van der Waals surface area contributed by atoms with Crippen LogP contribution >= 0.6 is 0 Å². The third-order valence-electron chi connectivity index (χ3n) is 2.77. The van der Waals surface area contributed by atoms with E-state index in [1.54, 1.807) is 6.20 Å². The predicted octanol–water partition coefficient (Wildman–Crippen LogP) is 2.62. The number of benzene rings is 1. The van der Waals surface area contributed by atoms with Crippen LogP contribution in [0.4, 0.5) is 0 Å². The zero-order chi connectivity index (χ0) is 11.5. The molecule has 0 fully saturated rings. The van der Waals surface area contributed by atoms with Gasteiger partial charge in [-0.2, -0.15) is 0 Å². The second kappa shape index (κ2) is 4.49. The molecule has 2 rings (SSSR count). The normalized spacial score (nSPS) is 12.7. The molecule has 0 radical (unpaired) electrons. The lowest BCUT2D eigenvalue weighted by atomic mass is 10.1. The first-order chi connectivity index (χ1) is 7.72. The van der Waals surface area contributed by atoms with Crippen LogP contribution in [0.1, 0.15) is 30.8 Å². The molecular formula is C13H16N2O. The number of aromatic nitrogens is 2. The quantitative estimate of drug-likeness (QED) is 0.856. The molecule has 0 saturated carbocycles. The molecule has 16 heavy (non-hydrogen) atoms. The highest BCUT2D eigenvalue weighted by Gasteiger charge is 2.05. The van der Waals surface area contributed by atoms with Crippen molar-refractivity contribution in [1.29, 1.82) is 0 Å². The summed E-state index contributed by atoms with van der Waals surface area (Å²) in [6.45, 7) is 3.94. The lowest BCUT2D eigenvalue weighted by molar-refractivity contribution is 0.173. The minimum atomic E-state index is -0.363. The molecule has 0 aliphatic carbocycles. The lowest BCUT2D eigenvalue weighted by Crippen LogP contribution is -1.98. The number of imidazole rings is 1. The fraction of sp³-hybridized carbons (Fsp3) is 0.308. The Hall–Kier alpha value is -1.61. The minimum Gasteiger partial charge on any atom is -0.388 e. The zero-order valence-corrected chi connectivity index (χ0v) is 9.59. The molecule has 3 heteroatoms. The fourth-order valence-corrected chi connectivity index (χ4v) is 1.74. The summed E-state index contributed by atoms with van der Waals surface area (Å²) in [7, 11) is 0. The Morgan fingerprint density at radius 3 is 2.50 bits per heavy atom. The van der Waals surface area contributed by atoms with Crippen molar-refractivity contribution in [2.45, 2.75) is 26.4 Å². The average molecular weight is 216 g/mol. The molecule has 1 N–H and O–H groups in total. The molecule has 84 valence electrons. The van der Waals surface area contributed by atoms with E-state index < -0.39 is 0 Å². The SMILES string of the molecule is CC[C@H](O)c1ccc(-n2ccnc2C)cc1. The summed E-state index contributed by atoms with van der Waals surface area (Å²) in [6, 6.07) is 7.93. The number of hydrogen-bond donors (Lipinski definition) is 1. The summed E-state index contributed by atoms with van der Waals surface area (Å²) >= 11 is 0. The van der Waals surface area contributed by atoms with Crippen LogP contribution in [-0.4, -0.2) is 14.7 Å². The predicted molar refractivity (Wildman–Crippen MR) is 63.6 cm³/mol. The van der Waals surface area contributed by atoms with Gasteiger partial charge in [0.25, 0.3) is 0 Å². The number of rotatable bonds is 3. The molecule has 0 aliphatic rings. The van der Waals surface area contributed by atoms with Gasteiger partial charge in [-0.1, -0.05) is 19.1 Å². The Kier molecular flexibility index (Phi) is 3.06. The maximum absolute atomic E-state index is 9.69. The Morgan fingerprint density at radius 2 is 2.00 bits per heavy atom. The van der Waals surface area contributed by atoms with Crippen molar-refractivity contribution in [1.82, 2.24) is 9.55 Å². The number of hydrogen-bond acceptors (Lipinski definition) is 2. The molecule has 2 aromatic rings. The third-order valence-corrected chi connectivity index (χ3v) is 2.77. The van der Waals surface area contributed by atoms with E-state index in [1.165, 1.54) is 0 Å². The average Bonchev–Trinajstić information content (AvgIpc) is 2.75. The van der Waals surface area contributed by atoms with Gasteiger partial charge in [-0.3, -0.25) is 0 Å². The molecule has 0 unspecified atom stereocenters. The van der Waals surface area contributed by atoms with Crippen LogP contribution < -0.4 is 0 Å². The van der Waals surface area contributed by atoms with Crippen molar-refractivity contribution < 1.29 is 5.11 Å². The second-order valence-corrected chi connectivity index (χ2v) is 3.86. The number of aliphatic hydroxyl groups is 1. The van der Waals surface area contributed by atoms with Crippen LogP contribution in [0.25, 0.3) is 5.69 Å². The topological polar surface area (TPSA) is 38.0 Å². The van der Waals surface area contributed by atoms with E-state index in [0.29, 0.717) is 0 Å². The van der Waals surface area contributed by atoms with Crippen LogP contribution in [0, 0.1) is 6.92 Å². The fourth-order valence-electron chi connectivity index (χ4n) is 1.74. The van der Waals surface area contributed by atoms with Gasteiger partial charge in [0.05, 0.1) is 6.10 Å². The van der Waals surface area contributed by atoms with Crippen LogP contribution in [-0.2, 0) is 0 Å². The standard InChI is InChI=1S/C13H16N2O/c1-3-13(16)11-4-6-12(7-5-11)15-9-8-14-10(15)2/h4-9,13,16H,3H2,1-2H3/t13-/m0/s1. The summed E-state index contributed by atoms with van der Waals surface area (Å²) in [4.78, 5) is 4.18. The molecule has 0 bridgehead atoms. The third kappa shape index (κ3) is 1.99. The first kappa shape index (κ1) is 10.9. The van der Waals surface area contributed by atoms with Gasteiger partial charge in [0.2, 0.25) is 0 Å². The molecule has 0 aliphatic heterocycles. The zero-order valence-electron chi connectivity index (χ0n) is 9.59. The summed E-state index contributed by atoms with van der Waals surface area (Å²) in [5, 5.41) is 9.69. The maximum Gasteiger partial charge on any atom is 0.110 e. The van der Waals surface area contributed by atoms with Crippen molar-refractivity contribution in [2.75, 3.05) is 0 Å². The van der Waals surface area contributed by atoms with Crippen molar-refractivity contribution >= 4 is 0 Å². The van der Waals surface area contributed by atoms with E-state index in [-0.39, 0.29) is 6.10 Å². The van der Waals surface area contributed by atoms with Crippen molar-refractivity contribution in [3.8, 4) is 5.69 Å². The molecule has 1 aromatic heterocycles. The highest BCUT2D eigenvalue weighted by atomic mass is 16.3. The van der Waals surface area contributed by atoms with Crippen LogP contribution in [0.2, 0.25) is 0 Å². The molecule has 0 spiro atoms. The van der Waals surface area contributed by atoms with Gasteiger partial charge in [0.15, 0.2) is 0 Å². The first-order valence-electron chi connectivity index (χ1n) is 5.50. The van der Waals surface area contributed by atoms with Crippen molar-refractivity contribution in [2.24, 2.45) is 0 Å². The Labute approximate surface area is 95.4 Å². The largest absolute Gasteiger partial charge is 0.388 e. The molecule has 1 atom stereocenters. The van der Waals surface area contributed by atoms with E-state index in [1.807, 2.05) is 48.9 Å². The van der Waals surface area contributed by atoms with E-state index in [2.05, 4.69) is 4.98 Å². The number of nitrogens with zero attached hydrogens (tertiary/aromatic N) is 2. The molecular weight excluding hydrogens is 200 g/mol. The highest BCUT2D eigenvalue weighted by Crippen LogP contribution is 2.18. The first-order valence-corrected chi connectivity index (χ1v) is 5.50. The van der Waals surface area contributed by atoms with Gasteiger partial charge >= 0.3 is 0 Å². The van der Waals surface area contributed by atoms with Crippen LogP contribution in [0.15, 0.2) is 36.7 Å². The summed E-state index contributed by atoms with van der Waals surface area (Å²) < 4.78 is 2.02. The molecule has 1 aromatic carbocycles. The monoisotopic (exact) mass is 216 g/mol. The van der Waals surface area contributed by atoms with E-state index in [4.69, 9.17) is 0 Å². The molecule has 1 heterocycles. The summed E-state index contributed by atoms with van der Waals surface area (Å²) in [5.74, 6) is 0.962. The van der Waals surface area contributed by atoms with Gasteiger partial charge in [-0.25, -0.2) is 4.98 Å². The molecule has 0 amide bonds. The Morgan fingerprint density at radius 1 is 1.31 bits per heavy atom. The number of aryl methyl sites for hydroxylation is 1. The van der Waals surface area contributed by atoms with Crippen molar-refractivity contribution in [3.63, 3.8) is 0 Å². The molecule has 0 saturated heterocycles. The van der Waals surface area contributed by atoms with Gasteiger partial charge in [0, 0.05) is 18.1 Å². The van der Waals surface area contributed by atoms with Crippen LogP contribution in [0.5, 0.6) is 0 Å². The van der Waals surface area contributed by atoms with Gasteiger partial charge in [-0.05, 0) is 31.0 Å². The van der Waals surface area contributed by atoms with E-state index in [9.17, 15) is 5.11 Å². The summed E-state index contributed by atoms with van der Waals surface area (Å²) in [6.07, 6.45) is 4.09. The highest BCUT2D eigenvalue weighted by molar-refractivity contribution is 5.36. The Balaban J connectivity index is 2.30. The van der Waals surface area contributed by atoms with Gasteiger partial charge < -0.3 is 9.67 Å². The van der Waals surface area contributed by atoms with E-state index in [0.717, 1.165) is 23.5 Å². The summed E-state index contributed by atoms with van der Waals surface area (Å²) in [5.41, 5.74) is 2.03. The smallest absolute Gasteiger partial charge is 0.110 e. The van der Waals surface area contributed by atoms with E-state index >= 15 is 0 Å². The second-order valence-electron chi connectivity index (χ2n) is 3.86. The minimum absolute atomic E-state index is 0.363. The Bertz CT molecular complexity index is 459. The van der Waals surface area contributed by atoms with Crippen molar-refractivity contribution in [3.05, 3.63) is 48.0 Å². The molecule has 3 nitrogen and oxygen atoms in total. The van der Waals surface area contributed by atoms with Gasteiger partial charge in [-0.15, -0.1) is 0 Å². The number of aliphatic hydroxyl groups excluding tert-OH is 1.